The van der Waals surface area contributed by atoms with Crippen LogP contribution in [0.25, 0.3) is 17.3 Å². The van der Waals surface area contributed by atoms with E-state index in [1.165, 1.54) is 18.2 Å². The van der Waals surface area contributed by atoms with Crippen LogP contribution in [0.4, 0.5) is 10.1 Å². The van der Waals surface area contributed by atoms with Crippen LogP contribution in [-0.4, -0.2) is 25.9 Å². The molecule has 1 aromatic heterocycles. The molecule has 1 heterocycles. The number of carbonyl (C=O) groups excluding carboxylic acids is 1. The van der Waals surface area contributed by atoms with Crippen LogP contribution in [0.3, 0.4) is 0 Å². The lowest BCUT2D eigenvalue weighted by atomic mass is 10.1. The predicted octanol–water partition coefficient (Wildman–Crippen LogP) is 3.55. The SMILES string of the molecule is O=C(C=Cc1cn[nH]c1-c1ccc(F)cc1)Nc1ccc(CP(=O)(O)O)cc1. The third-order valence-corrected chi connectivity index (χ3v) is 4.60. The molecular weight excluding hydrogens is 384 g/mol. The fourth-order valence-electron chi connectivity index (χ4n) is 2.55. The van der Waals surface area contributed by atoms with Crippen molar-refractivity contribution in [3.63, 3.8) is 0 Å². The molecule has 0 aliphatic heterocycles. The molecule has 0 fully saturated rings. The quantitative estimate of drug-likeness (QED) is 0.373. The Morgan fingerprint density at radius 3 is 2.46 bits per heavy atom. The van der Waals surface area contributed by atoms with E-state index >= 15 is 0 Å². The molecular formula is C19H17FN3O4P. The number of aromatic amines is 1. The lowest BCUT2D eigenvalue weighted by molar-refractivity contribution is -0.111. The third kappa shape index (κ3) is 5.47. The van der Waals surface area contributed by atoms with E-state index < -0.39 is 7.60 Å². The summed E-state index contributed by atoms with van der Waals surface area (Å²) in [5, 5.41) is 9.44. The Hall–Kier alpha value is -3.06. The molecule has 4 N–H and O–H groups in total. The van der Waals surface area contributed by atoms with Gasteiger partial charge in [0.1, 0.15) is 5.82 Å². The summed E-state index contributed by atoms with van der Waals surface area (Å²) in [5.74, 6) is -0.722. The number of hydrogen-bond donors (Lipinski definition) is 4. The molecule has 0 atom stereocenters. The second kappa shape index (κ2) is 8.31. The number of rotatable bonds is 6. The van der Waals surface area contributed by atoms with E-state index in [-0.39, 0.29) is 17.9 Å². The summed E-state index contributed by atoms with van der Waals surface area (Å²) < 4.78 is 24.1. The van der Waals surface area contributed by atoms with E-state index in [2.05, 4.69) is 15.5 Å². The second-order valence-corrected chi connectivity index (χ2v) is 7.70. The molecule has 0 radical (unpaired) electrons. The van der Waals surface area contributed by atoms with E-state index in [1.54, 1.807) is 48.7 Å². The Kier molecular flexibility index (Phi) is 5.84. The summed E-state index contributed by atoms with van der Waals surface area (Å²) in [7, 11) is -4.13. The largest absolute Gasteiger partial charge is 0.329 e. The van der Waals surface area contributed by atoms with Crippen LogP contribution in [0.1, 0.15) is 11.1 Å². The van der Waals surface area contributed by atoms with Gasteiger partial charge >= 0.3 is 7.60 Å². The summed E-state index contributed by atoms with van der Waals surface area (Å²) in [6.45, 7) is 0. The van der Waals surface area contributed by atoms with E-state index in [4.69, 9.17) is 9.79 Å². The van der Waals surface area contributed by atoms with Gasteiger partial charge in [0.25, 0.3) is 0 Å². The van der Waals surface area contributed by atoms with Crippen LogP contribution in [-0.2, 0) is 15.5 Å². The minimum Gasteiger partial charge on any atom is -0.324 e. The maximum atomic E-state index is 13.1. The maximum Gasteiger partial charge on any atom is 0.329 e. The van der Waals surface area contributed by atoms with E-state index in [0.29, 0.717) is 22.5 Å². The van der Waals surface area contributed by atoms with Gasteiger partial charge in [-0.3, -0.25) is 14.5 Å². The van der Waals surface area contributed by atoms with Gasteiger partial charge in [-0.05, 0) is 48.0 Å². The Labute approximate surface area is 160 Å². The average molecular weight is 401 g/mol. The fourth-order valence-corrected chi connectivity index (χ4v) is 3.24. The molecule has 0 aliphatic rings. The molecule has 7 nitrogen and oxygen atoms in total. The second-order valence-electron chi connectivity index (χ2n) is 6.05. The lowest BCUT2D eigenvalue weighted by Crippen LogP contribution is -2.07. The molecule has 28 heavy (non-hydrogen) atoms. The molecule has 0 saturated heterocycles. The predicted molar refractivity (Wildman–Crippen MR) is 104 cm³/mol. The van der Waals surface area contributed by atoms with Crippen LogP contribution >= 0.6 is 7.60 Å². The lowest BCUT2D eigenvalue weighted by Gasteiger charge is -2.06. The number of amides is 1. The highest BCUT2D eigenvalue weighted by atomic mass is 31.2. The normalized spacial score (nSPS) is 11.7. The Balaban J connectivity index is 1.66. The molecule has 0 bridgehead atoms. The summed E-state index contributed by atoms with van der Waals surface area (Å²) in [4.78, 5) is 30.1. The van der Waals surface area contributed by atoms with Crippen molar-refractivity contribution in [2.45, 2.75) is 6.16 Å². The zero-order valence-electron chi connectivity index (χ0n) is 14.5. The van der Waals surface area contributed by atoms with E-state index in [0.717, 1.165) is 5.56 Å². The molecule has 3 rings (SSSR count). The molecule has 0 saturated carbocycles. The number of hydrogen-bond acceptors (Lipinski definition) is 3. The fraction of sp³-hybridized carbons (Fsp3) is 0.0526. The van der Waals surface area contributed by atoms with Crippen molar-refractivity contribution in [1.29, 1.82) is 0 Å². The van der Waals surface area contributed by atoms with Gasteiger partial charge in [-0.2, -0.15) is 5.10 Å². The molecule has 0 spiro atoms. The monoisotopic (exact) mass is 401 g/mol. The third-order valence-electron chi connectivity index (χ3n) is 3.83. The molecule has 2 aromatic carbocycles. The number of H-pyrrole nitrogens is 1. The van der Waals surface area contributed by atoms with Crippen LogP contribution in [0, 0.1) is 5.82 Å². The number of nitrogens with zero attached hydrogens (tertiary/aromatic N) is 1. The van der Waals surface area contributed by atoms with E-state index in [1.807, 2.05) is 0 Å². The average Bonchev–Trinajstić information content (AvgIpc) is 3.10. The highest BCUT2D eigenvalue weighted by Crippen LogP contribution is 2.39. The van der Waals surface area contributed by atoms with Crippen LogP contribution < -0.4 is 5.32 Å². The summed E-state index contributed by atoms with van der Waals surface area (Å²) >= 11 is 0. The van der Waals surface area contributed by atoms with Gasteiger partial charge in [0.15, 0.2) is 0 Å². The zero-order chi connectivity index (χ0) is 20.1. The highest BCUT2D eigenvalue weighted by Gasteiger charge is 2.13. The number of aromatic nitrogens is 2. The first-order valence-electron chi connectivity index (χ1n) is 8.22. The number of anilines is 1. The Morgan fingerprint density at radius 2 is 1.82 bits per heavy atom. The first-order chi connectivity index (χ1) is 13.3. The van der Waals surface area contributed by atoms with Crippen LogP contribution in [0.2, 0.25) is 0 Å². The molecule has 1 amide bonds. The van der Waals surface area contributed by atoms with Crippen molar-refractivity contribution < 1.29 is 23.5 Å². The molecule has 0 unspecified atom stereocenters. The van der Waals surface area contributed by atoms with Gasteiger partial charge in [0, 0.05) is 22.9 Å². The van der Waals surface area contributed by atoms with Crippen molar-refractivity contribution >= 4 is 25.3 Å². The van der Waals surface area contributed by atoms with Gasteiger partial charge in [-0.1, -0.05) is 12.1 Å². The molecule has 9 heteroatoms. The topological polar surface area (TPSA) is 115 Å². The van der Waals surface area contributed by atoms with Gasteiger partial charge in [-0.15, -0.1) is 0 Å². The van der Waals surface area contributed by atoms with Crippen LogP contribution in [0.15, 0.2) is 60.8 Å². The van der Waals surface area contributed by atoms with Gasteiger partial charge in [0.2, 0.25) is 5.91 Å². The van der Waals surface area contributed by atoms with Gasteiger partial charge < -0.3 is 15.1 Å². The minimum absolute atomic E-state index is 0.341. The van der Waals surface area contributed by atoms with Crippen molar-refractivity contribution in [2.75, 3.05) is 5.32 Å². The summed E-state index contributed by atoms with van der Waals surface area (Å²) in [6.07, 6.45) is 4.12. The summed E-state index contributed by atoms with van der Waals surface area (Å²) in [6, 6.07) is 12.1. The van der Waals surface area contributed by atoms with Crippen molar-refractivity contribution in [3.05, 3.63) is 77.7 Å². The maximum absolute atomic E-state index is 13.1. The number of halogens is 1. The van der Waals surface area contributed by atoms with Crippen LogP contribution in [0.5, 0.6) is 0 Å². The number of nitrogens with one attached hydrogen (secondary N) is 2. The van der Waals surface area contributed by atoms with Crippen molar-refractivity contribution in [1.82, 2.24) is 10.2 Å². The first-order valence-corrected chi connectivity index (χ1v) is 10.0. The Bertz CT molecular complexity index is 1040. The molecule has 0 aliphatic carbocycles. The van der Waals surface area contributed by atoms with Crippen molar-refractivity contribution in [2.24, 2.45) is 0 Å². The number of carbonyl (C=O) groups is 1. The highest BCUT2D eigenvalue weighted by molar-refractivity contribution is 7.50. The smallest absolute Gasteiger partial charge is 0.324 e. The number of benzene rings is 2. The van der Waals surface area contributed by atoms with Gasteiger partial charge in [0.05, 0.1) is 18.1 Å². The van der Waals surface area contributed by atoms with Gasteiger partial charge in [-0.25, -0.2) is 4.39 Å². The molecule has 144 valence electrons. The summed E-state index contributed by atoms with van der Waals surface area (Å²) in [5.41, 5.74) is 3.03. The Morgan fingerprint density at radius 1 is 1.14 bits per heavy atom. The minimum atomic E-state index is -4.13. The zero-order valence-corrected chi connectivity index (χ0v) is 15.4. The first kappa shape index (κ1) is 19.7. The van der Waals surface area contributed by atoms with E-state index in [9.17, 15) is 13.8 Å². The van der Waals surface area contributed by atoms with Crippen molar-refractivity contribution in [3.8, 4) is 11.3 Å². The molecule has 3 aromatic rings. The standard InChI is InChI=1S/C19H17FN3O4P/c20-16-6-3-14(4-7-16)19-15(11-21-23-19)5-10-18(24)22-17-8-1-13(2-9-17)12-28(25,26)27/h1-11H,12H2,(H,21,23)(H,22,24)(H2,25,26,27).